The highest BCUT2D eigenvalue weighted by atomic mass is 16.2. The van der Waals surface area contributed by atoms with Crippen LogP contribution in [0.2, 0.25) is 0 Å². The van der Waals surface area contributed by atoms with Crippen molar-refractivity contribution >= 4 is 5.91 Å². The third-order valence-electron chi connectivity index (χ3n) is 3.84. The van der Waals surface area contributed by atoms with Crippen LogP contribution in [0.25, 0.3) is 11.3 Å². The summed E-state index contributed by atoms with van der Waals surface area (Å²) in [5, 5.41) is 2.83. The van der Waals surface area contributed by atoms with Crippen LogP contribution < -0.4 is 10.9 Å². The molecule has 0 unspecified atom stereocenters. The summed E-state index contributed by atoms with van der Waals surface area (Å²) in [5.74, 6) is -0.202. The molecule has 5 nitrogen and oxygen atoms in total. The van der Waals surface area contributed by atoms with E-state index in [2.05, 4.69) is 10.3 Å². The smallest absolute Gasteiger partial charge is 0.254 e. The zero-order valence-electron chi connectivity index (χ0n) is 13.8. The number of nitrogens with one attached hydrogen (secondary N) is 1. The van der Waals surface area contributed by atoms with Crippen LogP contribution in [-0.4, -0.2) is 22.0 Å². The largest absolute Gasteiger partial charge is 0.354 e. The van der Waals surface area contributed by atoms with Crippen molar-refractivity contribution in [2.24, 2.45) is 0 Å². The highest BCUT2D eigenvalue weighted by Gasteiger charge is 2.06. The molecule has 0 saturated heterocycles. The Hall–Kier alpha value is -3.21. The summed E-state index contributed by atoms with van der Waals surface area (Å²) < 4.78 is 1.31. The molecule has 1 heterocycles. The van der Waals surface area contributed by atoms with E-state index < -0.39 is 0 Å². The maximum Gasteiger partial charge on any atom is 0.254 e. The number of hydrogen-bond donors (Lipinski definition) is 1. The zero-order valence-corrected chi connectivity index (χ0v) is 13.8. The van der Waals surface area contributed by atoms with Gasteiger partial charge in [-0.2, -0.15) is 0 Å². The third kappa shape index (κ3) is 4.64. The van der Waals surface area contributed by atoms with Crippen molar-refractivity contribution < 1.29 is 4.79 Å². The van der Waals surface area contributed by atoms with Crippen LogP contribution in [-0.2, 0) is 17.8 Å². The Labute approximate surface area is 146 Å². The molecular weight excluding hydrogens is 314 g/mol. The van der Waals surface area contributed by atoms with Gasteiger partial charge in [0, 0.05) is 18.2 Å². The number of carbonyl (C=O) groups excluding carboxylic acids is 1. The van der Waals surface area contributed by atoms with Crippen LogP contribution in [0, 0.1) is 0 Å². The van der Waals surface area contributed by atoms with Gasteiger partial charge in [-0.25, -0.2) is 4.98 Å². The Kier molecular flexibility index (Phi) is 5.36. The molecule has 1 amide bonds. The first-order valence-electron chi connectivity index (χ1n) is 8.15. The van der Waals surface area contributed by atoms with E-state index in [4.69, 9.17) is 0 Å². The molecule has 2 aromatic carbocycles. The highest BCUT2D eigenvalue weighted by Crippen LogP contribution is 2.13. The highest BCUT2D eigenvalue weighted by molar-refractivity contribution is 5.75. The van der Waals surface area contributed by atoms with E-state index in [1.54, 1.807) is 0 Å². The lowest BCUT2D eigenvalue weighted by atomic mass is 10.1. The molecule has 1 N–H and O–H groups in total. The standard InChI is InChI=1S/C20H19N3O2/c24-19(21-12-11-16-7-3-1-4-8-16)14-23-15-22-18(13-20(23)25)17-9-5-2-6-10-17/h1-10,13,15H,11-12,14H2,(H,21,24). The van der Waals surface area contributed by atoms with Gasteiger partial charge in [0.05, 0.1) is 12.0 Å². The minimum absolute atomic E-state index is 0.0321. The van der Waals surface area contributed by atoms with Crippen LogP contribution in [0.4, 0.5) is 0 Å². The molecule has 0 spiro atoms. The SMILES string of the molecule is O=C(Cn1cnc(-c2ccccc2)cc1=O)NCCc1ccccc1. The Bertz CT molecular complexity index is 890. The van der Waals surface area contributed by atoms with Crippen LogP contribution in [0.15, 0.2) is 77.9 Å². The lowest BCUT2D eigenvalue weighted by Gasteiger charge is -2.08. The predicted octanol–water partition coefficient (Wildman–Crippen LogP) is 2.27. The van der Waals surface area contributed by atoms with Gasteiger partial charge in [-0.15, -0.1) is 0 Å². The van der Waals surface area contributed by atoms with Gasteiger partial charge >= 0.3 is 0 Å². The molecule has 0 fully saturated rings. The summed E-state index contributed by atoms with van der Waals surface area (Å²) in [4.78, 5) is 28.5. The molecule has 5 heteroatoms. The quantitative estimate of drug-likeness (QED) is 0.753. The Balaban J connectivity index is 1.57. The first kappa shape index (κ1) is 16.6. The van der Waals surface area contributed by atoms with Gasteiger partial charge < -0.3 is 5.32 Å². The molecule has 3 rings (SSSR count). The second kappa shape index (κ2) is 8.06. The third-order valence-corrected chi connectivity index (χ3v) is 3.84. The van der Waals surface area contributed by atoms with E-state index in [0.29, 0.717) is 12.2 Å². The van der Waals surface area contributed by atoms with Crippen molar-refractivity contribution in [3.8, 4) is 11.3 Å². The van der Waals surface area contributed by atoms with Gasteiger partial charge in [0.25, 0.3) is 5.56 Å². The van der Waals surface area contributed by atoms with Gasteiger partial charge in [-0.3, -0.25) is 14.2 Å². The van der Waals surface area contributed by atoms with E-state index in [1.807, 2.05) is 60.7 Å². The van der Waals surface area contributed by atoms with Crippen LogP contribution >= 0.6 is 0 Å². The van der Waals surface area contributed by atoms with Gasteiger partial charge in [-0.05, 0) is 12.0 Å². The zero-order chi connectivity index (χ0) is 17.5. The van der Waals surface area contributed by atoms with Crippen molar-refractivity contribution in [2.75, 3.05) is 6.54 Å². The first-order chi connectivity index (χ1) is 12.2. The summed E-state index contributed by atoms with van der Waals surface area (Å²) in [6, 6.07) is 20.9. The first-order valence-corrected chi connectivity index (χ1v) is 8.15. The summed E-state index contributed by atoms with van der Waals surface area (Å²) in [6.45, 7) is 0.503. The molecule has 25 heavy (non-hydrogen) atoms. The lowest BCUT2D eigenvalue weighted by molar-refractivity contribution is -0.121. The Morgan fingerprint density at radius 2 is 1.68 bits per heavy atom. The number of amides is 1. The number of hydrogen-bond acceptors (Lipinski definition) is 3. The molecule has 0 saturated carbocycles. The van der Waals surface area contributed by atoms with E-state index in [0.717, 1.165) is 17.5 Å². The van der Waals surface area contributed by atoms with E-state index in [-0.39, 0.29) is 18.0 Å². The average Bonchev–Trinajstić information content (AvgIpc) is 2.65. The molecule has 0 atom stereocenters. The maximum absolute atomic E-state index is 12.2. The fraction of sp³-hybridized carbons (Fsp3) is 0.150. The molecule has 0 bridgehead atoms. The van der Waals surface area contributed by atoms with Crippen molar-refractivity contribution in [2.45, 2.75) is 13.0 Å². The fourth-order valence-electron chi connectivity index (χ4n) is 2.51. The van der Waals surface area contributed by atoms with E-state index in [1.165, 1.54) is 17.0 Å². The van der Waals surface area contributed by atoms with Gasteiger partial charge in [0.15, 0.2) is 0 Å². The second-order valence-corrected chi connectivity index (χ2v) is 5.69. The number of carbonyl (C=O) groups is 1. The number of aromatic nitrogens is 2. The number of nitrogens with zero attached hydrogens (tertiary/aromatic N) is 2. The normalized spacial score (nSPS) is 10.4. The summed E-state index contributed by atoms with van der Waals surface area (Å²) in [5.41, 5.74) is 2.39. The van der Waals surface area contributed by atoms with Gasteiger partial charge in [-0.1, -0.05) is 60.7 Å². The Morgan fingerprint density at radius 1 is 1.00 bits per heavy atom. The molecule has 1 aromatic heterocycles. The minimum Gasteiger partial charge on any atom is -0.354 e. The second-order valence-electron chi connectivity index (χ2n) is 5.69. The minimum atomic E-state index is -0.243. The number of benzene rings is 2. The molecule has 0 aliphatic rings. The summed E-state index contributed by atoms with van der Waals surface area (Å²) in [6.07, 6.45) is 2.17. The maximum atomic E-state index is 12.2. The predicted molar refractivity (Wildman–Crippen MR) is 97.1 cm³/mol. The van der Waals surface area contributed by atoms with Gasteiger partial charge in [0.1, 0.15) is 6.54 Å². The topological polar surface area (TPSA) is 64.0 Å². The lowest BCUT2D eigenvalue weighted by Crippen LogP contribution is -2.33. The van der Waals surface area contributed by atoms with Crippen molar-refractivity contribution in [3.05, 3.63) is 89.0 Å². The Morgan fingerprint density at radius 3 is 2.36 bits per heavy atom. The summed E-state index contributed by atoms with van der Waals surface area (Å²) >= 11 is 0. The van der Waals surface area contributed by atoms with E-state index >= 15 is 0 Å². The molecule has 0 aliphatic heterocycles. The molecule has 126 valence electrons. The average molecular weight is 333 g/mol. The van der Waals surface area contributed by atoms with Crippen LogP contribution in [0.1, 0.15) is 5.56 Å². The molecule has 3 aromatic rings. The van der Waals surface area contributed by atoms with Crippen molar-refractivity contribution in [3.63, 3.8) is 0 Å². The monoisotopic (exact) mass is 333 g/mol. The fourth-order valence-corrected chi connectivity index (χ4v) is 2.51. The molecule has 0 radical (unpaired) electrons. The van der Waals surface area contributed by atoms with Gasteiger partial charge in [0.2, 0.25) is 5.91 Å². The number of rotatable bonds is 6. The van der Waals surface area contributed by atoms with E-state index in [9.17, 15) is 9.59 Å². The summed E-state index contributed by atoms with van der Waals surface area (Å²) in [7, 11) is 0. The molecular formula is C20H19N3O2. The van der Waals surface area contributed by atoms with Crippen LogP contribution in [0.5, 0.6) is 0 Å². The van der Waals surface area contributed by atoms with Crippen molar-refractivity contribution in [1.29, 1.82) is 0 Å². The molecule has 0 aliphatic carbocycles. The van der Waals surface area contributed by atoms with Crippen molar-refractivity contribution in [1.82, 2.24) is 14.9 Å². The van der Waals surface area contributed by atoms with Crippen LogP contribution in [0.3, 0.4) is 0 Å².